The van der Waals surface area contributed by atoms with E-state index in [0.717, 1.165) is 22.5 Å². The lowest BCUT2D eigenvalue weighted by atomic mass is 9.97. The van der Waals surface area contributed by atoms with Crippen LogP contribution in [-0.4, -0.2) is 45.9 Å². The summed E-state index contributed by atoms with van der Waals surface area (Å²) in [6.45, 7) is 3.24. The number of carbonyl (C=O) groups excluding carboxylic acids is 3. The number of nitrogens with zero attached hydrogens (tertiary/aromatic N) is 3. The lowest BCUT2D eigenvalue weighted by Gasteiger charge is -2.31. The number of aromatic nitrogens is 2. The molecule has 0 radical (unpaired) electrons. The summed E-state index contributed by atoms with van der Waals surface area (Å²) in [6.07, 6.45) is 1.40. The number of anilines is 1. The van der Waals surface area contributed by atoms with Crippen molar-refractivity contribution in [3.05, 3.63) is 75.5 Å². The first kappa shape index (κ1) is 23.5. The largest absolute Gasteiger partial charge is 0.352 e. The van der Waals surface area contributed by atoms with Gasteiger partial charge in [-0.1, -0.05) is 41.2 Å². The maximum absolute atomic E-state index is 13.0. The highest BCUT2D eigenvalue weighted by Crippen LogP contribution is 2.21. The molecule has 10 heteroatoms. The summed E-state index contributed by atoms with van der Waals surface area (Å²) in [7, 11) is 0. The van der Waals surface area contributed by atoms with Crippen molar-refractivity contribution in [2.24, 2.45) is 5.92 Å². The topological polar surface area (TPSA) is 104 Å². The smallest absolute Gasteiger partial charge is 0.286 e. The van der Waals surface area contributed by atoms with Crippen LogP contribution in [0.5, 0.6) is 0 Å². The molecule has 1 aromatic heterocycles. The van der Waals surface area contributed by atoms with Crippen LogP contribution >= 0.6 is 11.3 Å². The lowest BCUT2D eigenvalue weighted by Crippen LogP contribution is -2.45. The lowest BCUT2D eigenvalue weighted by molar-refractivity contribution is -0.126. The Labute approximate surface area is 200 Å². The van der Waals surface area contributed by atoms with Gasteiger partial charge in [-0.15, -0.1) is 10.2 Å². The molecule has 1 atom stereocenters. The molecule has 1 aliphatic rings. The molecule has 0 bridgehead atoms. The summed E-state index contributed by atoms with van der Waals surface area (Å²) >= 11 is 0.884. The first-order chi connectivity index (χ1) is 16.4. The SMILES string of the molecule is Cc1cccc(CNC(=O)C2CCCN(C(=O)c3nnc(C(=O)Nc4ccc(F)cc4)s3)C2)c1. The highest BCUT2D eigenvalue weighted by atomic mass is 32.1. The van der Waals surface area contributed by atoms with Gasteiger partial charge in [0.15, 0.2) is 0 Å². The molecule has 1 saturated heterocycles. The van der Waals surface area contributed by atoms with E-state index in [-0.39, 0.29) is 34.3 Å². The number of hydrogen-bond donors (Lipinski definition) is 2. The molecule has 3 aromatic rings. The van der Waals surface area contributed by atoms with Gasteiger partial charge in [0, 0.05) is 25.3 Å². The number of halogens is 1. The molecule has 0 aliphatic carbocycles. The summed E-state index contributed by atoms with van der Waals surface area (Å²) in [4.78, 5) is 39.6. The molecule has 2 N–H and O–H groups in total. The van der Waals surface area contributed by atoms with Gasteiger partial charge in [0.1, 0.15) is 5.82 Å². The van der Waals surface area contributed by atoms with Crippen LogP contribution in [0.3, 0.4) is 0 Å². The second-order valence-corrected chi connectivity index (χ2v) is 9.15. The van der Waals surface area contributed by atoms with E-state index in [9.17, 15) is 18.8 Å². The number of benzene rings is 2. The van der Waals surface area contributed by atoms with Gasteiger partial charge >= 0.3 is 0 Å². The molecule has 1 aliphatic heterocycles. The molecule has 34 heavy (non-hydrogen) atoms. The molecular weight excluding hydrogens is 457 g/mol. The van der Waals surface area contributed by atoms with Crippen LogP contribution < -0.4 is 10.6 Å². The summed E-state index contributed by atoms with van der Waals surface area (Å²) in [5.74, 6) is -1.69. The van der Waals surface area contributed by atoms with Gasteiger partial charge in [0.2, 0.25) is 15.9 Å². The zero-order valence-electron chi connectivity index (χ0n) is 18.6. The monoisotopic (exact) mass is 481 g/mol. The van der Waals surface area contributed by atoms with Crippen molar-refractivity contribution in [1.29, 1.82) is 0 Å². The minimum absolute atomic E-state index is 0.0251. The fraction of sp³-hybridized carbons (Fsp3) is 0.292. The van der Waals surface area contributed by atoms with Gasteiger partial charge in [-0.2, -0.15) is 0 Å². The third-order valence-corrected chi connectivity index (χ3v) is 6.44. The van der Waals surface area contributed by atoms with Crippen LogP contribution in [0.1, 0.15) is 43.6 Å². The molecule has 2 aromatic carbocycles. The standard InChI is InChI=1S/C24H24FN5O3S/c1-15-4-2-5-16(12-15)13-26-20(31)17-6-3-11-30(14-17)24(33)23-29-28-22(34-23)21(32)27-19-9-7-18(25)8-10-19/h2,4-5,7-10,12,17H,3,6,11,13-14H2,1H3,(H,26,31)(H,27,32). The molecule has 8 nitrogen and oxygen atoms in total. The Balaban J connectivity index is 1.33. The third kappa shape index (κ3) is 5.82. The van der Waals surface area contributed by atoms with E-state index < -0.39 is 11.7 Å². The van der Waals surface area contributed by atoms with Gasteiger partial charge in [0.05, 0.1) is 5.92 Å². The van der Waals surface area contributed by atoms with Crippen LogP contribution in [0.15, 0.2) is 48.5 Å². The van der Waals surface area contributed by atoms with Crippen molar-refractivity contribution in [1.82, 2.24) is 20.4 Å². The van der Waals surface area contributed by atoms with Crippen molar-refractivity contribution in [3.8, 4) is 0 Å². The number of nitrogens with one attached hydrogen (secondary N) is 2. The number of piperidine rings is 1. The molecule has 1 unspecified atom stereocenters. The van der Waals surface area contributed by atoms with Crippen LogP contribution in [0.25, 0.3) is 0 Å². The first-order valence-electron chi connectivity index (χ1n) is 10.9. The van der Waals surface area contributed by atoms with Crippen LogP contribution in [0, 0.1) is 18.7 Å². The maximum atomic E-state index is 13.0. The number of carbonyl (C=O) groups is 3. The van der Waals surface area contributed by atoms with Crippen molar-refractivity contribution in [3.63, 3.8) is 0 Å². The average molecular weight is 482 g/mol. The summed E-state index contributed by atoms with van der Waals surface area (Å²) < 4.78 is 13.0. The van der Waals surface area contributed by atoms with Crippen LogP contribution in [-0.2, 0) is 11.3 Å². The van der Waals surface area contributed by atoms with Gasteiger partial charge in [-0.25, -0.2) is 4.39 Å². The zero-order chi connectivity index (χ0) is 24.1. The Bertz CT molecular complexity index is 1200. The summed E-state index contributed by atoms with van der Waals surface area (Å²) in [6, 6.07) is 13.3. The maximum Gasteiger partial charge on any atom is 0.286 e. The highest BCUT2D eigenvalue weighted by Gasteiger charge is 2.30. The number of likely N-dealkylation sites (tertiary alicyclic amines) is 1. The fourth-order valence-corrected chi connectivity index (χ4v) is 4.49. The van der Waals surface area contributed by atoms with Gasteiger partial charge < -0.3 is 15.5 Å². The molecular formula is C24H24FN5O3S. The van der Waals surface area contributed by atoms with Crippen molar-refractivity contribution in [2.45, 2.75) is 26.3 Å². The van der Waals surface area contributed by atoms with E-state index in [1.165, 1.54) is 24.3 Å². The Kier molecular flexibility index (Phi) is 7.27. The fourth-order valence-electron chi connectivity index (χ4n) is 3.79. The third-order valence-electron chi connectivity index (χ3n) is 5.53. The minimum atomic E-state index is -0.532. The Morgan fingerprint density at radius 1 is 1.12 bits per heavy atom. The average Bonchev–Trinajstić information content (AvgIpc) is 3.34. The number of aryl methyl sites for hydroxylation is 1. The zero-order valence-corrected chi connectivity index (χ0v) is 19.4. The minimum Gasteiger partial charge on any atom is -0.352 e. The Morgan fingerprint density at radius 3 is 2.65 bits per heavy atom. The van der Waals surface area contributed by atoms with Crippen molar-refractivity contribution in [2.75, 3.05) is 18.4 Å². The van der Waals surface area contributed by atoms with E-state index in [4.69, 9.17) is 0 Å². The van der Waals surface area contributed by atoms with E-state index in [1.807, 2.05) is 31.2 Å². The number of rotatable bonds is 6. The van der Waals surface area contributed by atoms with Gasteiger partial charge in [0.25, 0.3) is 11.8 Å². The number of amides is 3. The second kappa shape index (κ2) is 10.5. The molecule has 176 valence electrons. The van der Waals surface area contributed by atoms with Gasteiger partial charge in [-0.05, 0) is 49.6 Å². The van der Waals surface area contributed by atoms with Crippen LogP contribution in [0.4, 0.5) is 10.1 Å². The first-order valence-corrected chi connectivity index (χ1v) is 11.7. The van der Waals surface area contributed by atoms with Crippen molar-refractivity contribution >= 4 is 34.7 Å². The number of hydrogen-bond acceptors (Lipinski definition) is 6. The molecule has 0 spiro atoms. The normalized spacial score (nSPS) is 15.6. The Morgan fingerprint density at radius 2 is 1.88 bits per heavy atom. The van der Waals surface area contributed by atoms with Crippen molar-refractivity contribution < 1.29 is 18.8 Å². The Hall–Kier alpha value is -3.66. The molecule has 4 rings (SSSR count). The molecule has 2 heterocycles. The predicted octanol–water partition coefficient (Wildman–Crippen LogP) is 3.41. The van der Waals surface area contributed by atoms with E-state index in [0.29, 0.717) is 31.6 Å². The van der Waals surface area contributed by atoms with Gasteiger partial charge in [-0.3, -0.25) is 14.4 Å². The second-order valence-electron chi connectivity index (χ2n) is 8.17. The summed E-state index contributed by atoms with van der Waals surface area (Å²) in [5.41, 5.74) is 2.56. The quantitative estimate of drug-likeness (QED) is 0.562. The van der Waals surface area contributed by atoms with E-state index in [2.05, 4.69) is 20.8 Å². The van der Waals surface area contributed by atoms with E-state index in [1.54, 1.807) is 4.90 Å². The predicted molar refractivity (Wildman–Crippen MR) is 126 cm³/mol. The highest BCUT2D eigenvalue weighted by molar-refractivity contribution is 7.15. The van der Waals surface area contributed by atoms with E-state index >= 15 is 0 Å². The summed E-state index contributed by atoms with van der Waals surface area (Å²) in [5, 5.41) is 13.4. The molecule has 0 saturated carbocycles. The van der Waals surface area contributed by atoms with Crippen LogP contribution in [0.2, 0.25) is 0 Å². The molecule has 1 fully saturated rings. The molecule has 3 amide bonds.